The van der Waals surface area contributed by atoms with Gasteiger partial charge < -0.3 is 5.73 Å². The Morgan fingerprint density at radius 3 is 2.50 bits per heavy atom. The van der Waals surface area contributed by atoms with E-state index in [9.17, 15) is 10.1 Å². The highest BCUT2D eigenvalue weighted by molar-refractivity contribution is 5.59. The van der Waals surface area contributed by atoms with Gasteiger partial charge in [-0.2, -0.15) is 0 Å². The van der Waals surface area contributed by atoms with Crippen molar-refractivity contribution in [3.63, 3.8) is 0 Å². The quantitative estimate of drug-likeness (QED) is 0.507. The van der Waals surface area contributed by atoms with Gasteiger partial charge in [0.1, 0.15) is 5.69 Å². The summed E-state index contributed by atoms with van der Waals surface area (Å²) in [6.45, 7) is 2.94. The molecule has 98 valence electrons. The highest BCUT2D eigenvalue weighted by Crippen LogP contribution is 2.23. The average Bonchev–Trinajstić information content (AvgIpc) is 2.60. The van der Waals surface area contributed by atoms with Crippen LogP contribution in [-0.2, 0) is 6.54 Å². The maximum atomic E-state index is 10.8. The van der Waals surface area contributed by atoms with E-state index < -0.39 is 4.92 Å². The molecule has 1 aromatic carbocycles. The average molecular weight is 249 g/mol. The minimum absolute atomic E-state index is 0.0160. The van der Waals surface area contributed by atoms with Crippen molar-refractivity contribution in [2.24, 2.45) is 0 Å². The van der Waals surface area contributed by atoms with Crippen LogP contribution in [-0.4, -0.2) is 22.9 Å². The van der Waals surface area contributed by atoms with Crippen molar-refractivity contribution in [3.8, 4) is 0 Å². The second-order valence-corrected chi connectivity index (χ2v) is 4.84. The van der Waals surface area contributed by atoms with Crippen LogP contribution in [0.4, 0.5) is 11.4 Å². The summed E-state index contributed by atoms with van der Waals surface area (Å²) in [4.78, 5) is 12.8. The first-order chi connectivity index (χ1) is 8.66. The van der Waals surface area contributed by atoms with E-state index in [1.165, 1.54) is 25.7 Å². The van der Waals surface area contributed by atoms with Gasteiger partial charge in [0.25, 0.3) is 5.69 Å². The van der Waals surface area contributed by atoms with Crippen LogP contribution >= 0.6 is 0 Å². The molecule has 2 N–H and O–H groups in total. The van der Waals surface area contributed by atoms with Gasteiger partial charge in [-0.15, -0.1) is 0 Å². The minimum Gasteiger partial charge on any atom is -0.393 e. The van der Waals surface area contributed by atoms with Gasteiger partial charge in [-0.05, 0) is 37.6 Å². The molecule has 0 aromatic heterocycles. The standard InChI is InChI=1S/C13H19N3O2/c14-12-6-5-11(9-13(12)16(17)18)10-15-7-3-1-2-4-8-15/h5-6,9H,1-4,7-8,10,14H2. The number of nitro benzene ring substituents is 1. The number of hydrogen-bond donors (Lipinski definition) is 1. The van der Waals surface area contributed by atoms with Crippen molar-refractivity contribution in [1.29, 1.82) is 0 Å². The van der Waals surface area contributed by atoms with Gasteiger partial charge in [0, 0.05) is 12.6 Å². The Hall–Kier alpha value is -1.62. The zero-order valence-corrected chi connectivity index (χ0v) is 10.5. The third-order valence-electron chi connectivity index (χ3n) is 3.40. The van der Waals surface area contributed by atoms with E-state index in [0.717, 1.165) is 25.2 Å². The summed E-state index contributed by atoms with van der Waals surface area (Å²) in [5.41, 5.74) is 6.82. The number of nitro groups is 1. The lowest BCUT2D eigenvalue weighted by atomic mass is 10.1. The molecule has 1 aliphatic heterocycles. The van der Waals surface area contributed by atoms with Gasteiger partial charge in [-0.25, -0.2) is 0 Å². The van der Waals surface area contributed by atoms with Crippen LogP contribution in [0.15, 0.2) is 18.2 Å². The van der Waals surface area contributed by atoms with E-state index in [0.29, 0.717) is 0 Å². The normalized spacial score (nSPS) is 17.3. The molecular formula is C13H19N3O2. The number of nitrogens with two attached hydrogens (primary N) is 1. The van der Waals surface area contributed by atoms with E-state index in [1.54, 1.807) is 12.1 Å². The van der Waals surface area contributed by atoms with E-state index in [1.807, 2.05) is 6.07 Å². The van der Waals surface area contributed by atoms with E-state index >= 15 is 0 Å². The SMILES string of the molecule is Nc1ccc(CN2CCCCCC2)cc1[N+](=O)[O-]. The second-order valence-electron chi connectivity index (χ2n) is 4.84. The highest BCUT2D eigenvalue weighted by atomic mass is 16.6. The van der Waals surface area contributed by atoms with Crippen LogP contribution in [0.2, 0.25) is 0 Å². The molecule has 0 unspecified atom stereocenters. The van der Waals surface area contributed by atoms with Gasteiger partial charge in [0.2, 0.25) is 0 Å². The van der Waals surface area contributed by atoms with E-state index in [-0.39, 0.29) is 11.4 Å². The van der Waals surface area contributed by atoms with Crippen molar-refractivity contribution >= 4 is 11.4 Å². The van der Waals surface area contributed by atoms with Crippen molar-refractivity contribution in [1.82, 2.24) is 4.90 Å². The topological polar surface area (TPSA) is 72.4 Å². The van der Waals surface area contributed by atoms with Gasteiger partial charge in [-0.3, -0.25) is 15.0 Å². The molecule has 1 fully saturated rings. The van der Waals surface area contributed by atoms with Crippen molar-refractivity contribution in [2.45, 2.75) is 32.2 Å². The lowest BCUT2D eigenvalue weighted by molar-refractivity contribution is -0.384. The first kappa shape index (κ1) is 12.8. The summed E-state index contributed by atoms with van der Waals surface area (Å²) in [6.07, 6.45) is 5.02. The number of rotatable bonds is 3. The van der Waals surface area contributed by atoms with Crippen LogP contribution in [0.3, 0.4) is 0 Å². The summed E-state index contributed by atoms with van der Waals surface area (Å²) in [6, 6.07) is 5.11. The monoisotopic (exact) mass is 249 g/mol. The summed E-state index contributed by atoms with van der Waals surface area (Å²) < 4.78 is 0. The third-order valence-corrected chi connectivity index (χ3v) is 3.40. The fourth-order valence-corrected chi connectivity index (χ4v) is 2.40. The molecule has 0 saturated carbocycles. The maximum Gasteiger partial charge on any atom is 0.292 e. The zero-order chi connectivity index (χ0) is 13.0. The van der Waals surface area contributed by atoms with Crippen LogP contribution in [0.5, 0.6) is 0 Å². The Kier molecular flexibility index (Phi) is 4.15. The number of anilines is 1. The first-order valence-electron chi connectivity index (χ1n) is 6.42. The van der Waals surface area contributed by atoms with E-state index in [4.69, 9.17) is 5.73 Å². The van der Waals surface area contributed by atoms with Gasteiger partial charge in [0.05, 0.1) is 4.92 Å². The highest BCUT2D eigenvalue weighted by Gasteiger charge is 2.14. The Morgan fingerprint density at radius 2 is 1.89 bits per heavy atom. The Bertz CT molecular complexity index is 426. The number of nitrogen functional groups attached to an aromatic ring is 1. The molecule has 0 bridgehead atoms. The molecule has 0 spiro atoms. The summed E-state index contributed by atoms with van der Waals surface area (Å²) in [5.74, 6) is 0. The fourth-order valence-electron chi connectivity index (χ4n) is 2.40. The van der Waals surface area contributed by atoms with Crippen molar-refractivity contribution in [3.05, 3.63) is 33.9 Å². The van der Waals surface area contributed by atoms with Crippen LogP contribution in [0.1, 0.15) is 31.2 Å². The second kappa shape index (κ2) is 5.82. The maximum absolute atomic E-state index is 10.8. The Morgan fingerprint density at radius 1 is 1.22 bits per heavy atom. The molecule has 0 atom stereocenters. The van der Waals surface area contributed by atoms with Crippen LogP contribution < -0.4 is 5.73 Å². The summed E-state index contributed by atoms with van der Waals surface area (Å²) in [7, 11) is 0. The predicted octanol–water partition coefficient (Wildman–Crippen LogP) is 2.55. The molecule has 18 heavy (non-hydrogen) atoms. The fraction of sp³-hybridized carbons (Fsp3) is 0.538. The molecule has 1 saturated heterocycles. The first-order valence-corrected chi connectivity index (χ1v) is 6.42. The van der Waals surface area contributed by atoms with Crippen LogP contribution in [0.25, 0.3) is 0 Å². The smallest absolute Gasteiger partial charge is 0.292 e. The molecule has 1 aliphatic rings. The molecule has 0 amide bonds. The molecule has 0 aliphatic carbocycles. The number of hydrogen-bond acceptors (Lipinski definition) is 4. The summed E-state index contributed by atoms with van der Waals surface area (Å²) >= 11 is 0. The molecule has 5 nitrogen and oxygen atoms in total. The van der Waals surface area contributed by atoms with Crippen molar-refractivity contribution < 1.29 is 4.92 Å². The molecular weight excluding hydrogens is 230 g/mol. The van der Waals surface area contributed by atoms with Gasteiger partial charge >= 0.3 is 0 Å². The minimum atomic E-state index is -0.415. The number of likely N-dealkylation sites (tertiary alicyclic amines) is 1. The lowest BCUT2D eigenvalue weighted by Crippen LogP contribution is -2.24. The number of nitrogens with zero attached hydrogens (tertiary/aromatic N) is 2. The van der Waals surface area contributed by atoms with Gasteiger partial charge in [0.15, 0.2) is 0 Å². The van der Waals surface area contributed by atoms with Crippen molar-refractivity contribution in [2.75, 3.05) is 18.8 Å². The van der Waals surface area contributed by atoms with E-state index in [2.05, 4.69) is 4.90 Å². The lowest BCUT2D eigenvalue weighted by Gasteiger charge is -2.19. The third kappa shape index (κ3) is 3.20. The molecule has 0 radical (unpaired) electrons. The summed E-state index contributed by atoms with van der Waals surface area (Å²) in [5, 5.41) is 10.8. The molecule has 1 heterocycles. The zero-order valence-electron chi connectivity index (χ0n) is 10.5. The largest absolute Gasteiger partial charge is 0.393 e. The number of benzene rings is 1. The Balaban J connectivity index is 2.08. The predicted molar refractivity (Wildman–Crippen MR) is 71.3 cm³/mol. The van der Waals surface area contributed by atoms with Gasteiger partial charge in [-0.1, -0.05) is 18.9 Å². The molecule has 1 aromatic rings. The molecule has 2 rings (SSSR count). The molecule has 5 heteroatoms. The Labute approximate surface area is 107 Å². The van der Waals surface area contributed by atoms with Crippen LogP contribution in [0, 0.1) is 10.1 Å².